The van der Waals surface area contributed by atoms with E-state index in [1.807, 2.05) is 13.8 Å². The van der Waals surface area contributed by atoms with Crippen molar-refractivity contribution in [1.82, 2.24) is 4.98 Å². The number of carboxylic acids is 1. The first-order valence-electron chi connectivity index (χ1n) is 7.21. The molecule has 0 aliphatic carbocycles. The van der Waals surface area contributed by atoms with Crippen molar-refractivity contribution in [3.05, 3.63) is 39.8 Å². The molecule has 1 heterocycles. The van der Waals surface area contributed by atoms with Gasteiger partial charge in [0.25, 0.3) is 0 Å². The molecule has 9 heteroatoms. The van der Waals surface area contributed by atoms with Crippen LogP contribution < -0.4 is 5.32 Å². The molecule has 1 aromatic heterocycles. The van der Waals surface area contributed by atoms with Crippen molar-refractivity contribution in [3.63, 3.8) is 0 Å². The van der Waals surface area contributed by atoms with Gasteiger partial charge >= 0.3 is 5.97 Å². The van der Waals surface area contributed by atoms with Crippen LogP contribution in [-0.2, 0) is 4.79 Å². The van der Waals surface area contributed by atoms with Crippen molar-refractivity contribution < 1.29 is 19.4 Å². The molecule has 25 heavy (non-hydrogen) atoms. The number of nitrogens with zero attached hydrogens (tertiary/aromatic N) is 1. The smallest absolute Gasteiger partial charge is 0.322 e. The zero-order chi connectivity index (χ0) is 18.7. The van der Waals surface area contributed by atoms with Crippen LogP contribution in [0.15, 0.2) is 28.0 Å². The summed E-state index contributed by atoms with van der Waals surface area (Å²) in [5.41, 5.74) is 0.732. The van der Waals surface area contributed by atoms with E-state index in [0.29, 0.717) is 4.90 Å². The van der Waals surface area contributed by atoms with Crippen LogP contribution in [0.3, 0.4) is 0 Å². The number of benzene rings is 1. The average Bonchev–Trinajstić information content (AvgIpc) is 2.54. The molecule has 2 aromatic rings. The second-order valence-electron chi connectivity index (χ2n) is 5.43. The molecule has 0 fully saturated rings. The Morgan fingerprint density at radius 1 is 1.36 bits per heavy atom. The van der Waals surface area contributed by atoms with Gasteiger partial charge in [-0.25, -0.2) is 0 Å². The Morgan fingerprint density at radius 2 is 2.04 bits per heavy atom. The highest BCUT2D eigenvalue weighted by Gasteiger charge is 2.20. The largest absolute Gasteiger partial charge is 0.508 e. The van der Waals surface area contributed by atoms with E-state index in [-0.39, 0.29) is 32.4 Å². The number of rotatable bonds is 6. The van der Waals surface area contributed by atoms with Gasteiger partial charge < -0.3 is 15.5 Å². The third kappa shape index (κ3) is 4.68. The monoisotopic (exact) mass is 404 g/mol. The quantitative estimate of drug-likeness (QED) is 0.587. The second-order valence-corrected chi connectivity index (χ2v) is 7.27. The number of phenols is 1. The minimum atomic E-state index is -1.14. The Bertz CT molecular complexity index is 818. The molecule has 3 N–H and O–H groups in total. The van der Waals surface area contributed by atoms with E-state index in [4.69, 9.17) is 28.3 Å². The lowest BCUT2D eigenvalue weighted by atomic mass is 10.0. The molecule has 0 saturated heterocycles. The van der Waals surface area contributed by atoms with Crippen molar-refractivity contribution in [2.75, 3.05) is 11.9 Å². The summed E-state index contributed by atoms with van der Waals surface area (Å²) in [6.07, 6.45) is 0. The Labute approximate surface area is 158 Å². The highest BCUT2D eigenvalue weighted by Crippen LogP contribution is 2.43. The number of aliphatic carboxylic acids is 1. The number of carbonyl (C=O) groups is 1. The number of carboxylic acid groups (broad SMARTS) is 1. The highest BCUT2D eigenvalue weighted by molar-refractivity contribution is 7.99. The number of anilines is 1. The van der Waals surface area contributed by atoms with Crippen LogP contribution in [0, 0.1) is 5.95 Å². The lowest BCUT2D eigenvalue weighted by molar-refractivity contribution is -0.134. The van der Waals surface area contributed by atoms with Gasteiger partial charge in [0.1, 0.15) is 23.1 Å². The summed E-state index contributed by atoms with van der Waals surface area (Å²) in [6, 6.07) is 4.96. The molecule has 0 aliphatic rings. The summed E-state index contributed by atoms with van der Waals surface area (Å²) in [6.45, 7) is 3.40. The summed E-state index contributed by atoms with van der Waals surface area (Å²) in [4.78, 5) is 15.1. The van der Waals surface area contributed by atoms with Gasteiger partial charge in [-0.15, -0.1) is 0 Å². The molecule has 1 aromatic carbocycles. The fourth-order valence-corrected chi connectivity index (χ4v) is 3.57. The molecule has 0 atom stereocenters. The molecular weight excluding hydrogens is 390 g/mol. The van der Waals surface area contributed by atoms with Gasteiger partial charge in [-0.1, -0.05) is 48.8 Å². The third-order valence-corrected chi connectivity index (χ3v) is 5.28. The Hall–Kier alpha value is -1.70. The normalized spacial score (nSPS) is 11.0. The zero-order valence-electron chi connectivity index (χ0n) is 13.3. The molecule has 0 bridgehead atoms. The summed E-state index contributed by atoms with van der Waals surface area (Å²) >= 11 is 13.3. The van der Waals surface area contributed by atoms with Crippen molar-refractivity contribution >= 4 is 46.8 Å². The van der Waals surface area contributed by atoms with Crippen LogP contribution in [-0.4, -0.2) is 27.7 Å². The Kier molecular flexibility index (Phi) is 6.37. The van der Waals surface area contributed by atoms with Crippen LogP contribution in [0.25, 0.3) is 0 Å². The summed E-state index contributed by atoms with van der Waals surface area (Å²) in [5.74, 6) is -1.93. The van der Waals surface area contributed by atoms with Gasteiger partial charge in [-0.2, -0.15) is 9.37 Å². The van der Waals surface area contributed by atoms with Gasteiger partial charge in [0.15, 0.2) is 0 Å². The predicted octanol–water partition coefficient (Wildman–Crippen LogP) is 5.00. The molecule has 5 nitrogen and oxygen atoms in total. The number of hydrogen-bond acceptors (Lipinski definition) is 5. The molecule has 0 saturated carbocycles. The van der Waals surface area contributed by atoms with E-state index in [1.54, 1.807) is 18.2 Å². The second kappa shape index (κ2) is 8.12. The minimum absolute atomic E-state index is 0.0248. The standard InChI is InChI=1S/C16H15Cl2FN2O3S/c1-7(2)9-5-8(3-4-10(9)22)25-14-12(17)15(19)21-16(13(14)18)20-6-11(23)24/h3-5,7,22H,6H2,1-2H3,(H,20,21)(H,23,24). The molecule has 0 aliphatic heterocycles. The van der Waals surface area contributed by atoms with Crippen LogP contribution in [0.5, 0.6) is 5.75 Å². The number of halogens is 3. The summed E-state index contributed by atoms with van der Waals surface area (Å²) in [7, 11) is 0. The van der Waals surface area contributed by atoms with Crippen molar-refractivity contribution in [3.8, 4) is 5.75 Å². The Balaban J connectivity index is 2.42. The topological polar surface area (TPSA) is 82.5 Å². The molecule has 134 valence electrons. The van der Waals surface area contributed by atoms with Crippen molar-refractivity contribution in [1.29, 1.82) is 0 Å². The summed E-state index contributed by atoms with van der Waals surface area (Å²) in [5, 5.41) is 20.8. The van der Waals surface area contributed by atoms with Crippen LogP contribution in [0.1, 0.15) is 25.3 Å². The number of hydrogen-bond donors (Lipinski definition) is 3. The Morgan fingerprint density at radius 3 is 2.64 bits per heavy atom. The van der Waals surface area contributed by atoms with Gasteiger partial charge in [-0.3, -0.25) is 4.79 Å². The third-order valence-electron chi connectivity index (χ3n) is 3.25. The van der Waals surface area contributed by atoms with Gasteiger partial charge in [-0.05, 0) is 29.7 Å². The number of aromatic hydroxyl groups is 1. The van der Waals surface area contributed by atoms with Crippen LogP contribution in [0.4, 0.5) is 10.2 Å². The zero-order valence-corrected chi connectivity index (χ0v) is 15.6. The van der Waals surface area contributed by atoms with E-state index >= 15 is 0 Å². The number of aromatic nitrogens is 1. The maximum atomic E-state index is 14.0. The highest BCUT2D eigenvalue weighted by atomic mass is 35.5. The maximum absolute atomic E-state index is 14.0. The first kappa shape index (κ1) is 19.6. The van der Waals surface area contributed by atoms with E-state index < -0.39 is 18.5 Å². The van der Waals surface area contributed by atoms with E-state index in [0.717, 1.165) is 17.3 Å². The molecule has 0 radical (unpaired) electrons. The number of pyridine rings is 1. The number of phenolic OH excluding ortho intramolecular Hbond substituents is 1. The van der Waals surface area contributed by atoms with Gasteiger partial charge in [0.2, 0.25) is 5.95 Å². The predicted molar refractivity (Wildman–Crippen MR) is 96.7 cm³/mol. The molecule has 0 amide bonds. The minimum Gasteiger partial charge on any atom is -0.508 e. The van der Waals surface area contributed by atoms with Crippen LogP contribution >= 0.6 is 35.0 Å². The SMILES string of the molecule is CC(C)c1cc(Sc2c(Cl)c(F)nc(NCC(=O)O)c2Cl)ccc1O. The number of nitrogens with one attached hydrogen (secondary N) is 1. The maximum Gasteiger partial charge on any atom is 0.322 e. The van der Waals surface area contributed by atoms with E-state index in [1.165, 1.54) is 0 Å². The lowest BCUT2D eigenvalue weighted by Crippen LogP contribution is -2.14. The first-order chi connectivity index (χ1) is 11.7. The average molecular weight is 405 g/mol. The first-order valence-corrected chi connectivity index (χ1v) is 8.78. The fourth-order valence-electron chi connectivity index (χ4n) is 2.04. The molecule has 0 spiro atoms. The van der Waals surface area contributed by atoms with E-state index in [9.17, 15) is 14.3 Å². The van der Waals surface area contributed by atoms with Gasteiger partial charge in [0.05, 0.1) is 9.92 Å². The lowest BCUT2D eigenvalue weighted by Gasteiger charge is -2.14. The molecule has 2 rings (SSSR count). The van der Waals surface area contributed by atoms with Crippen molar-refractivity contribution in [2.45, 2.75) is 29.6 Å². The van der Waals surface area contributed by atoms with Crippen LogP contribution in [0.2, 0.25) is 10.0 Å². The van der Waals surface area contributed by atoms with Gasteiger partial charge in [0, 0.05) is 4.90 Å². The van der Waals surface area contributed by atoms with Crippen molar-refractivity contribution in [2.24, 2.45) is 0 Å². The molecular formula is C16H15Cl2FN2O3S. The van der Waals surface area contributed by atoms with E-state index in [2.05, 4.69) is 10.3 Å². The fraction of sp³-hybridized carbons (Fsp3) is 0.250. The summed E-state index contributed by atoms with van der Waals surface area (Å²) < 4.78 is 14.0. The molecule has 0 unspecified atom stereocenters.